The lowest BCUT2D eigenvalue weighted by atomic mass is 9.49. The van der Waals surface area contributed by atoms with E-state index in [1.54, 1.807) is 0 Å². The van der Waals surface area contributed by atoms with E-state index < -0.39 is 6.10 Å². The number of aliphatic hydroxyl groups excluding tert-OH is 1. The number of aryl methyl sites for hydroxylation is 1. The molecule has 0 spiro atoms. The molecule has 4 bridgehead atoms. The molecule has 31 heavy (non-hydrogen) atoms. The lowest BCUT2D eigenvalue weighted by molar-refractivity contribution is -0.119. The van der Waals surface area contributed by atoms with Crippen molar-refractivity contribution in [1.82, 2.24) is 10.6 Å². The van der Waals surface area contributed by atoms with Gasteiger partial charge in [-0.25, -0.2) is 0 Å². The summed E-state index contributed by atoms with van der Waals surface area (Å²) in [5.41, 5.74) is 2.62. The SMILES string of the molecule is Cc1ccc(CC(=O)NC(=S)NCC(O)COCCC23CC4CC(CC(C4)C2)C3)cc1. The molecule has 4 saturated carbocycles. The Labute approximate surface area is 191 Å². The number of thiocarbonyl (C=S) groups is 1. The van der Waals surface area contributed by atoms with Crippen LogP contribution in [0, 0.1) is 30.1 Å². The molecule has 1 atom stereocenters. The largest absolute Gasteiger partial charge is 0.389 e. The Morgan fingerprint density at radius 3 is 2.39 bits per heavy atom. The van der Waals surface area contributed by atoms with Gasteiger partial charge in [-0.05, 0) is 92.8 Å². The van der Waals surface area contributed by atoms with Gasteiger partial charge in [-0.3, -0.25) is 4.79 Å². The maximum atomic E-state index is 12.1. The average molecular weight is 445 g/mol. The quantitative estimate of drug-likeness (QED) is 0.402. The number of amides is 1. The Balaban J connectivity index is 1.08. The molecule has 0 aliphatic heterocycles. The zero-order valence-corrected chi connectivity index (χ0v) is 19.4. The Kier molecular flexibility index (Phi) is 7.29. The van der Waals surface area contributed by atoms with E-state index in [9.17, 15) is 9.90 Å². The van der Waals surface area contributed by atoms with Gasteiger partial charge in [0.25, 0.3) is 0 Å². The summed E-state index contributed by atoms with van der Waals surface area (Å²) >= 11 is 5.17. The highest BCUT2D eigenvalue weighted by atomic mass is 32.1. The Morgan fingerprint density at radius 2 is 1.77 bits per heavy atom. The van der Waals surface area contributed by atoms with Crippen molar-refractivity contribution in [2.45, 2.75) is 64.4 Å². The lowest BCUT2D eigenvalue weighted by Crippen LogP contribution is -2.46. The summed E-state index contributed by atoms with van der Waals surface area (Å²) in [5.74, 6) is 2.72. The number of rotatable bonds is 9. The molecule has 0 radical (unpaired) electrons. The smallest absolute Gasteiger partial charge is 0.230 e. The van der Waals surface area contributed by atoms with E-state index in [1.807, 2.05) is 31.2 Å². The van der Waals surface area contributed by atoms with E-state index in [-0.39, 0.29) is 24.0 Å². The van der Waals surface area contributed by atoms with Crippen LogP contribution in [0.3, 0.4) is 0 Å². The molecule has 4 fully saturated rings. The lowest BCUT2D eigenvalue weighted by Gasteiger charge is -2.57. The van der Waals surface area contributed by atoms with Crippen molar-refractivity contribution in [3.63, 3.8) is 0 Å². The van der Waals surface area contributed by atoms with Crippen LogP contribution in [0.2, 0.25) is 0 Å². The molecule has 5 nitrogen and oxygen atoms in total. The summed E-state index contributed by atoms with van der Waals surface area (Å²) in [6.45, 7) is 3.29. The van der Waals surface area contributed by atoms with Crippen LogP contribution in [0.25, 0.3) is 0 Å². The summed E-state index contributed by atoms with van der Waals surface area (Å²) in [6.07, 6.45) is 9.32. The topological polar surface area (TPSA) is 70.6 Å². The zero-order valence-electron chi connectivity index (χ0n) is 18.6. The molecule has 4 aliphatic rings. The van der Waals surface area contributed by atoms with E-state index in [0.717, 1.165) is 41.9 Å². The van der Waals surface area contributed by atoms with Crippen molar-refractivity contribution in [2.24, 2.45) is 23.2 Å². The molecular formula is C25H36N2O3S. The standard InChI is InChI=1S/C25H36N2O3S/c1-17-2-4-18(5-3-17)11-23(29)27-24(31)26-15-22(28)16-30-7-6-25-12-19-8-20(13-25)10-21(9-19)14-25/h2-5,19-22,28H,6-16H2,1H3,(H2,26,27,29,31). The third kappa shape index (κ3) is 6.27. The molecule has 1 aromatic carbocycles. The normalized spacial score (nSPS) is 29.5. The first-order chi connectivity index (χ1) is 14.9. The number of carbonyl (C=O) groups excluding carboxylic acids is 1. The summed E-state index contributed by atoms with van der Waals surface area (Å²) < 4.78 is 5.82. The Morgan fingerprint density at radius 1 is 1.16 bits per heavy atom. The van der Waals surface area contributed by atoms with Crippen LogP contribution >= 0.6 is 12.2 Å². The van der Waals surface area contributed by atoms with Crippen LogP contribution in [0.1, 0.15) is 56.1 Å². The first kappa shape index (κ1) is 22.7. The Bertz CT molecular complexity index is 744. The molecule has 3 N–H and O–H groups in total. The monoisotopic (exact) mass is 444 g/mol. The number of aliphatic hydroxyl groups is 1. The number of benzene rings is 1. The minimum absolute atomic E-state index is 0.164. The second-order valence-corrected chi connectivity index (χ2v) is 10.7. The van der Waals surface area contributed by atoms with Crippen LogP contribution in [-0.2, 0) is 16.0 Å². The van der Waals surface area contributed by atoms with Crippen molar-refractivity contribution < 1.29 is 14.6 Å². The second-order valence-electron chi connectivity index (χ2n) is 10.3. The first-order valence-corrected chi connectivity index (χ1v) is 12.2. The predicted molar refractivity (Wildman–Crippen MR) is 126 cm³/mol. The van der Waals surface area contributed by atoms with Gasteiger partial charge in [0.2, 0.25) is 5.91 Å². The minimum Gasteiger partial charge on any atom is -0.389 e. The molecule has 5 rings (SSSR count). The third-order valence-electron chi connectivity index (χ3n) is 7.49. The summed E-state index contributed by atoms with van der Waals surface area (Å²) in [5, 5.41) is 16.0. The Hall–Kier alpha value is -1.50. The highest BCUT2D eigenvalue weighted by molar-refractivity contribution is 7.80. The van der Waals surface area contributed by atoms with Crippen molar-refractivity contribution in [1.29, 1.82) is 0 Å². The van der Waals surface area contributed by atoms with Crippen LogP contribution in [-0.4, -0.2) is 42.0 Å². The number of ether oxygens (including phenoxy) is 1. The summed E-state index contributed by atoms with van der Waals surface area (Å²) in [4.78, 5) is 12.1. The van der Waals surface area contributed by atoms with E-state index in [4.69, 9.17) is 17.0 Å². The number of hydrogen-bond acceptors (Lipinski definition) is 4. The van der Waals surface area contributed by atoms with Crippen LogP contribution in [0.15, 0.2) is 24.3 Å². The molecule has 0 aromatic heterocycles. The highest BCUT2D eigenvalue weighted by Gasteiger charge is 2.50. The molecular weight excluding hydrogens is 408 g/mol. The van der Waals surface area contributed by atoms with E-state index in [1.165, 1.54) is 38.5 Å². The maximum Gasteiger partial charge on any atom is 0.230 e. The van der Waals surface area contributed by atoms with Crippen LogP contribution in [0.5, 0.6) is 0 Å². The summed E-state index contributed by atoms with van der Waals surface area (Å²) in [6, 6.07) is 7.85. The predicted octanol–water partition coefficient (Wildman–Crippen LogP) is 3.51. The van der Waals surface area contributed by atoms with Crippen molar-refractivity contribution >= 4 is 23.2 Å². The molecule has 1 aromatic rings. The molecule has 6 heteroatoms. The molecule has 1 unspecified atom stereocenters. The van der Waals surface area contributed by atoms with Crippen molar-refractivity contribution in [3.05, 3.63) is 35.4 Å². The molecule has 1 amide bonds. The average Bonchev–Trinajstić information content (AvgIpc) is 2.70. The van der Waals surface area contributed by atoms with Crippen LogP contribution in [0.4, 0.5) is 0 Å². The fraction of sp³-hybridized carbons (Fsp3) is 0.680. The minimum atomic E-state index is -0.650. The third-order valence-corrected chi connectivity index (χ3v) is 7.73. The van der Waals surface area contributed by atoms with Gasteiger partial charge in [-0.1, -0.05) is 29.8 Å². The maximum absolute atomic E-state index is 12.1. The van der Waals surface area contributed by atoms with E-state index in [0.29, 0.717) is 12.0 Å². The number of hydrogen-bond donors (Lipinski definition) is 3. The first-order valence-electron chi connectivity index (χ1n) is 11.8. The fourth-order valence-electron chi connectivity index (χ4n) is 6.48. The molecule has 4 aliphatic carbocycles. The second kappa shape index (κ2) is 9.97. The van der Waals surface area contributed by atoms with Crippen LogP contribution < -0.4 is 10.6 Å². The molecule has 0 heterocycles. The van der Waals surface area contributed by atoms with Gasteiger partial charge in [0.05, 0.1) is 19.1 Å². The van der Waals surface area contributed by atoms with Gasteiger partial charge < -0.3 is 20.5 Å². The van der Waals surface area contributed by atoms with Crippen molar-refractivity contribution in [2.75, 3.05) is 19.8 Å². The molecule has 0 saturated heterocycles. The number of nitrogens with one attached hydrogen (secondary N) is 2. The van der Waals surface area contributed by atoms with Gasteiger partial charge in [-0.2, -0.15) is 0 Å². The number of carbonyl (C=O) groups is 1. The molecule has 170 valence electrons. The van der Waals surface area contributed by atoms with Crippen molar-refractivity contribution in [3.8, 4) is 0 Å². The van der Waals surface area contributed by atoms with Gasteiger partial charge in [0, 0.05) is 13.2 Å². The van der Waals surface area contributed by atoms with Gasteiger partial charge in [0.1, 0.15) is 0 Å². The fourth-order valence-corrected chi connectivity index (χ4v) is 6.68. The van der Waals surface area contributed by atoms with E-state index >= 15 is 0 Å². The van der Waals surface area contributed by atoms with E-state index in [2.05, 4.69) is 10.6 Å². The van der Waals surface area contributed by atoms with Gasteiger partial charge >= 0.3 is 0 Å². The highest BCUT2D eigenvalue weighted by Crippen LogP contribution is 2.61. The van der Waals surface area contributed by atoms with Gasteiger partial charge in [-0.15, -0.1) is 0 Å². The zero-order chi connectivity index (χ0) is 21.8. The summed E-state index contributed by atoms with van der Waals surface area (Å²) in [7, 11) is 0. The van der Waals surface area contributed by atoms with Gasteiger partial charge in [0.15, 0.2) is 5.11 Å².